The van der Waals surface area contributed by atoms with Gasteiger partial charge in [-0.1, -0.05) is 116 Å². The summed E-state index contributed by atoms with van der Waals surface area (Å²) in [5.41, 5.74) is 9.76. The van der Waals surface area contributed by atoms with Gasteiger partial charge in [0.05, 0.1) is 18.5 Å². The smallest absolute Gasteiger partial charge is 0.336 e. The Bertz CT molecular complexity index is 1370. The summed E-state index contributed by atoms with van der Waals surface area (Å²) in [4.78, 5) is 30.8. The van der Waals surface area contributed by atoms with Crippen molar-refractivity contribution in [2.75, 3.05) is 43.4 Å². The number of carbonyl (C=O) groups is 1. The lowest BCUT2D eigenvalue weighted by atomic mass is 10.0. The quantitative estimate of drug-likeness (QED) is 0.101. The summed E-state index contributed by atoms with van der Waals surface area (Å²) >= 11 is 0. The van der Waals surface area contributed by atoms with Crippen LogP contribution in [-0.2, 0) is 11.2 Å². The zero-order chi connectivity index (χ0) is 34.0. The predicted octanol–water partition coefficient (Wildman–Crippen LogP) is 8.09. The van der Waals surface area contributed by atoms with Crippen LogP contribution in [0.5, 0.6) is 6.01 Å². The minimum Gasteiger partial charge on any atom is -0.462 e. The van der Waals surface area contributed by atoms with E-state index in [0.29, 0.717) is 36.8 Å². The predicted molar refractivity (Wildman–Crippen MR) is 196 cm³/mol. The monoisotopic (exact) mass is 662 g/mol. The molecule has 4 heterocycles. The van der Waals surface area contributed by atoms with E-state index < -0.39 is 0 Å². The molecule has 0 spiro atoms. The van der Waals surface area contributed by atoms with E-state index in [1.54, 1.807) is 10.7 Å². The van der Waals surface area contributed by atoms with Crippen LogP contribution in [0.1, 0.15) is 146 Å². The average Bonchev–Trinajstić information content (AvgIpc) is 3.49. The highest BCUT2D eigenvalue weighted by Gasteiger charge is 2.23. The average molecular weight is 663 g/mol. The molecule has 1 saturated heterocycles. The number of pyridine rings is 1. The Labute approximate surface area is 289 Å². The maximum Gasteiger partial charge on any atom is 0.336 e. The first-order valence-electron chi connectivity index (χ1n) is 19.1. The molecule has 4 rings (SSSR count). The van der Waals surface area contributed by atoms with Crippen LogP contribution in [0.3, 0.4) is 0 Å². The van der Waals surface area contributed by atoms with Crippen LogP contribution in [-0.4, -0.2) is 68.2 Å². The molecule has 1 aliphatic rings. The first-order valence-corrected chi connectivity index (χ1v) is 19.1. The van der Waals surface area contributed by atoms with Gasteiger partial charge in [-0.3, -0.25) is 4.79 Å². The molecule has 0 aromatic carbocycles. The summed E-state index contributed by atoms with van der Waals surface area (Å²) < 4.78 is 7.43. The third kappa shape index (κ3) is 11.9. The van der Waals surface area contributed by atoms with E-state index in [4.69, 9.17) is 15.5 Å². The van der Waals surface area contributed by atoms with Crippen molar-refractivity contribution in [2.24, 2.45) is 0 Å². The van der Waals surface area contributed by atoms with Gasteiger partial charge in [-0.25, -0.2) is 14.5 Å². The second-order valence-corrected chi connectivity index (χ2v) is 13.7. The lowest BCUT2D eigenvalue weighted by Crippen LogP contribution is -2.49. The Morgan fingerprint density at radius 1 is 0.792 bits per heavy atom. The summed E-state index contributed by atoms with van der Waals surface area (Å²) in [6, 6.07) is 2.45. The van der Waals surface area contributed by atoms with Gasteiger partial charge in [0.15, 0.2) is 11.5 Å². The number of carbonyl (C=O) groups excluding carboxylic acids is 1. The SMILES string of the molecule is CCCCCCCCCCCCCCCCCC(=O)N1CCN(c2ncc(Cc3cnc4c(N)nc(OCCCC)nn34)cc2C)CC1. The maximum absolute atomic E-state index is 12.9. The van der Waals surface area contributed by atoms with Gasteiger partial charge in [-0.05, 0) is 30.9 Å². The molecule has 3 aromatic rings. The van der Waals surface area contributed by atoms with E-state index >= 15 is 0 Å². The first-order chi connectivity index (χ1) is 23.5. The lowest BCUT2D eigenvalue weighted by Gasteiger charge is -2.36. The Morgan fingerprint density at radius 2 is 1.40 bits per heavy atom. The van der Waals surface area contributed by atoms with Gasteiger partial charge < -0.3 is 20.3 Å². The standard InChI is InChI=1S/C38H62N8O2/c1-4-6-8-9-10-11-12-13-14-15-16-17-18-19-20-21-34(47)44-22-24-45(25-23-44)36-31(3)27-32(29-40-36)28-33-30-41-37-35(39)42-38(43-46(33)37)48-26-7-5-2/h27,29-30H,4-26,28H2,1-3H3,(H2,39,42,43). The summed E-state index contributed by atoms with van der Waals surface area (Å²) in [6.45, 7) is 10.2. The summed E-state index contributed by atoms with van der Waals surface area (Å²) in [5, 5.41) is 4.53. The number of imidazole rings is 1. The number of ether oxygens (including phenoxy) is 1. The van der Waals surface area contributed by atoms with Crippen LogP contribution < -0.4 is 15.4 Å². The third-order valence-electron chi connectivity index (χ3n) is 9.59. The molecule has 1 aliphatic heterocycles. The van der Waals surface area contributed by atoms with E-state index in [-0.39, 0.29) is 6.01 Å². The fourth-order valence-electron chi connectivity index (χ4n) is 6.65. The van der Waals surface area contributed by atoms with E-state index in [0.717, 1.165) is 68.1 Å². The number of anilines is 2. The zero-order valence-corrected chi connectivity index (χ0v) is 30.2. The van der Waals surface area contributed by atoms with Crippen LogP contribution in [0.25, 0.3) is 5.65 Å². The molecule has 10 nitrogen and oxygen atoms in total. The van der Waals surface area contributed by atoms with Crippen molar-refractivity contribution in [2.45, 2.75) is 143 Å². The van der Waals surface area contributed by atoms with Gasteiger partial charge in [0.25, 0.3) is 0 Å². The van der Waals surface area contributed by atoms with Crippen LogP contribution in [0.15, 0.2) is 18.5 Å². The molecule has 2 N–H and O–H groups in total. The number of amides is 1. The molecule has 48 heavy (non-hydrogen) atoms. The summed E-state index contributed by atoms with van der Waals surface area (Å²) in [7, 11) is 0. The van der Waals surface area contributed by atoms with Gasteiger partial charge in [0.1, 0.15) is 5.82 Å². The highest BCUT2D eigenvalue weighted by molar-refractivity contribution is 5.76. The van der Waals surface area contributed by atoms with Gasteiger partial charge in [-0.2, -0.15) is 4.98 Å². The van der Waals surface area contributed by atoms with Crippen molar-refractivity contribution in [3.63, 3.8) is 0 Å². The molecule has 0 saturated carbocycles. The Hall–Kier alpha value is -3.43. The fraction of sp³-hybridized carbons (Fsp3) is 0.711. The molecular weight excluding hydrogens is 600 g/mol. The molecule has 10 heteroatoms. The molecule has 0 radical (unpaired) electrons. The first kappa shape index (κ1) is 37.4. The van der Waals surface area contributed by atoms with Gasteiger partial charge in [0, 0.05) is 45.2 Å². The number of fused-ring (bicyclic) bond motifs is 1. The summed E-state index contributed by atoms with van der Waals surface area (Å²) in [6.07, 6.45) is 27.1. The highest BCUT2D eigenvalue weighted by atomic mass is 16.5. The number of nitrogen functional groups attached to an aromatic ring is 1. The van der Waals surface area contributed by atoms with Crippen LogP contribution in [0.2, 0.25) is 0 Å². The molecule has 0 aliphatic carbocycles. The second-order valence-electron chi connectivity index (χ2n) is 13.7. The van der Waals surface area contributed by atoms with Crippen molar-refractivity contribution >= 4 is 23.2 Å². The van der Waals surface area contributed by atoms with Crippen LogP contribution in [0.4, 0.5) is 11.6 Å². The minimum absolute atomic E-state index is 0.268. The largest absolute Gasteiger partial charge is 0.462 e. The number of hydrogen-bond donors (Lipinski definition) is 1. The number of nitrogens with two attached hydrogens (primary N) is 1. The molecule has 3 aromatic heterocycles. The van der Waals surface area contributed by atoms with E-state index in [9.17, 15) is 4.79 Å². The normalized spacial score (nSPS) is 13.5. The van der Waals surface area contributed by atoms with Crippen molar-refractivity contribution in [3.05, 3.63) is 35.3 Å². The molecule has 1 fully saturated rings. The number of unbranched alkanes of at least 4 members (excludes halogenated alkanes) is 15. The van der Waals surface area contributed by atoms with E-state index in [2.05, 4.69) is 46.8 Å². The van der Waals surface area contributed by atoms with Crippen molar-refractivity contribution in [3.8, 4) is 6.01 Å². The van der Waals surface area contributed by atoms with Gasteiger partial charge in [-0.15, -0.1) is 5.10 Å². The number of aryl methyl sites for hydroxylation is 1. The molecule has 0 atom stereocenters. The zero-order valence-electron chi connectivity index (χ0n) is 30.2. The van der Waals surface area contributed by atoms with E-state index in [1.807, 2.05) is 11.1 Å². The molecule has 0 bridgehead atoms. The topological polar surface area (TPSA) is 115 Å². The Balaban J connectivity index is 1.11. The van der Waals surface area contributed by atoms with Gasteiger partial charge >= 0.3 is 6.01 Å². The third-order valence-corrected chi connectivity index (χ3v) is 9.59. The van der Waals surface area contributed by atoms with Crippen molar-refractivity contribution in [1.29, 1.82) is 0 Å². The maximum atomic E-state index is 12.9. The van der Waals surface area contributed by atoms with Crippen LogP contribution in [0, 0.1) is 6.92 Å². The molecule has 0 unspecified atom stereocenters. The number of rotatable bonds is 23. The molecular formula is C38H62N8O2. The minimum atomic E-state index is 0.268. The van der Waals surface area contributed by atoms with Crippen molar-refractivity contribution in [1.82, 2.24) is 29.5 Å². The number of aromatic nitrogens is 5. The molecule has 266 valence electrons. The highest BCUT2D eigenvalue weighted by Crippen LogP contribution is 2.23. The molecule has 1 amide bonds. The van der Waals surface area contributed by atoms with Crippen molar-refractivity contribution < 1.29 is 9.53 Å². The Morgan fingerprint density at radius 3 is 2.00 bits per heavy atom. The second kappa shape index (κ2) is 20.8. The summed E-state index contributed by atoms with van der Waals surface area (Å²) in [5.74, 6) is 1.60. The number of nitrogens with zero attached hydrogens (tertiary/aromatic N) is 7. The number of hydrogen-bond acceptors (Lipinski definition) is 8. The Kier molecular flexibility index (Phi) is 16.2. The van der Waals surface area contributed by atoms with E-state index in [1.165, 1.54) is 89.9 Å². The van der Waals surface area contributed by atoms with Crippen LogP contribution >= 0.6 is 0 Å². The number of piperazine rings is 1. The van der Waals surface area contributed by atoms with Gasteiger partial charge in [0.2, 0.25) is 5.91 Å². The fourth-order valence-corrected chi connectivity index (χ4v) is 6.65. The lowest BCUT2D eigenvalue weighted by molar-refractivity contribution is -0.131.